The van der Waals surface area contributed by atoms with Crippen molar-refractivity contribution in [2.75, 3.05) is 0 Å². The summed E-state index contributed by atoms with van der Waals surface area (Å²) in [4.78, 5) is 12.2. The number of rotatable bonds is 4. The minimum atomic E-state index is -0.938. The monoisotopic (exact) mass is 252 g/mol. The maximum absolute atomic E-state index is 12.2. The zero-order valence-corrected chi connectivity index (χ0v) is 11.4. The fourth-order valence-electron chi connectivity index (χ4n) is 2.54. The van der Waals surface area contributed by atoms with E-state index >= 15 is 0 Å². The molecule has 2 N–H and O–H groups in total. The van der Waals surface area contributed by atoms with E-state index < -0.39 is 11.5 Å². The summed E-state index contributed by atoms with van der Waals surface area (Å²) in [6.07, 6.45) is 5.24. The van der Waals surface area contributed by atoms with Crippen LogP contribution in [0, 0.1) is 16.7 Å². The molecule has 0 radical (unpaired) electrons. The van der Waals surface area contributed by atoms with E-state index in [4.69, 9.17) is 0 Å². The number of nitrogens with one attached hydrogen (secondary N) is 1. The van der Waals surface area contributed by atoms with Gasteiger partial charge in [-0.05, 0) is 25.7 Å². The minimum absolute atomic E-state index is 0.189. The Morgan fingerprint density at radius 3 is 2.50 bits per heavy atom. The van der Waals surface area contributed by atoms with Gasteiger partial charge < -0.3 is 10.4 Å². The zero-order valence-electron chi connectivity index (χ0n) is 11.4. The van der Waals surface area contributed by atoms with Crippen LogP contribution in [0.5, 0.6) is 0 Å². The van der Waals surface area contributed by atoms with Crippen molar-refractivity contribution in [1.29, 1.82) is 5.26 Å². The number of carbonyl (C=O) groups excluding carboxylic acids is 1. The molecule has 0 bridgehead atoms. The normalized spacial score (nSPS) is 25.0. The smallest absolute Gasteiger partial charge is 0.240 e. The van der Waals surface area contributed by atoms with E-state index in [0.29, 0.717) is 12.8 Å². The average Bonchev–Trinajstić information content (AvgIpc) is 2.58. The number of hydrogen-bond acceptors (Lipinski definition) is 3. The van der Waals surface area contributed by atoms with E-state index in [1.165, 1.54) is 0 Å². The fourth-order valence-corrected chi connectivity index (χ4v) is 2.54. The van der Waals surface area contributed by atoms with Crippen LogP contribution < -0.4 is 5.32 Å². The van der Waals surface area contributed by atoms with Gasteiger partial charge in [-0.2, -0.15) is 5.26 Å². The molecule has 18 heavy (non-hydrogen) atoms. The van der Waals surface area contributed by atoms with Gasteiger partial charge in [0.25, 0.3) is 0 Å². The molecule has 1 aliphatic rings. The molecule has 1 rings (SSSR count). The highest BCUT2D eigenvalue weighted by Gasteiger charge is 2.37. The maximum atomic E-state index is 12.2. The second kappa shape index (κ2) is 6.75. The van der Waals surface area contributed by atoms with E-state index in [2.05, 4.69) is 11.4 Å². The van der Waals surface area contributed by atoms with Crippen molar-refractivity contribution in [1.82, 2.24) is 5.32 Å². The summed E-state index contributed by atoms with van der Waals surface area (Å²) < 4.78 is 0. The molecule has 102 valence electrons. The van der Waals surface area contributed by atoms with Gasteiger partial charge in [0.2, 0.25) is 5.91 Å². The third-order valence-corrected chi connectivity index (χ3v) is 4.15. The summed E-state index contributed by atoms with van der Waals surface area (Å²) in [5.74, 6) is -0.221. The summed E-state index contributed by atoms with van der Waals surface area (Å²) in [7, 11) is 0. The molecule has 2 atom stereocenters. The molecule has 1 amide bonds. The van der Waals surface area contributed by atoms with Crippen LogP contribution in [0.1, 0.15) is 58.8 Å². The van der Waals surface area contributed by atoms with Crippen LogP contribution in [0.25, 0.3) is 0 Å². The van der Waals surface area contributed by atoms with E-state index in [1.807, 2.05) is 13.8 Å². The highest BCUT2D eigenvalue weighted by atomic mass is 16.3. The van der Waals surface area contributed by atoms with Gasteiger partial charge in [-0.25, -0.2) is 0 Å². The lowest BCUT2D eigenvalue weighted by Crippen LogP contribution is -2.48. The maximum Gasteiger partial charge on any atom is 0.240 e. The van der Waals surface area contributed by atoms with Crippen molar-refractivity contribution >= 4 is 5.91 Å². The van der Waals surface area contributed by atoms with Gasteiger partial charge in [-0.15, -0.1) is 0 Å². The highest BCUT2D eigenvalue weighted by Crippen LogP contribution is 2.27. The number of nitrogens with zero attached hydrogens (tertiary/aromatic N) is 1. The Labute approximate surface area is 109 Å². The second-order valence-corrected chi connectivity index (χ2v) is 5.19. The van der Waals surface area contributed by atoms with Crippen LogP contribution in [0.2, 0.25) is 0 Å². The quantitative estimate of drug-likeness (QED) is 0.753. The lowest BCUT2D eigenvalue weighted by molar-refractivity contribution is -0.130. The van der Waals surface area contributed by atoms with Crippen molar-refractivity contribution in [2.45, 2.75) is 70.9 Å². The highest BCUT2D eigenvalue weighted by molar-refractivity contribution is 5.85. The van der Waals surface area contributed by atoms with Crippen molar-refractivity contribution < 1.29 is 9.90 Å². The molecule has 0 spiro atoms. The van der Waals surface area contributed by atoms with Gasteiger partial charge in [0.05, 0.1) is 18.2 Å². The molecule has 0 aliphatic heterocycles. The Hall–Kier alpha value is -1.08. The molecule has 0 aromatic heterocycles. The third kappa shape index (κ3) is 3.23. The van der Waals surface area contributed by atoms with Gasteiger partial charge in [0, 0.05) is 0 Å². The van der Waals surface area contributed by atoms with Gasteiger partial charge in [0.15, 0.2) is 0 Å². The van der Waals surface area contributed by atoms with Crippen molar-refractivity contribution in [3.05, 3.63) is 0 Å². The first-order valence-electron chi connectivity index (χ1n) is 7.00. The van der Waals surface area contributed by atoms with Gasteiger partial charge in [0.1, 0.15) is 5.41 Å². The molecule has 0 heterocycles. The van der Waals surface area contributed by atoms with Gasteiger partial charge >= 0.3 is 0 Å². The van der Waals surface area contributed by atoms with E-state index in [0.717, 1.165) is 32.1 Å². The molecule has 1 fully saturated rings. The van der Waals surface area contributed by atoms with Crippen LogP contribution in [-0.4, -0.2) is 23.2 Å². The lowest BCUT2D eigenvalue weighted by atomic mass is 9.82. The fraction of sp³-hybridized carbons (Fsp3) is 0.857. The first kappa shape index (κ1) is 15.0. The minimum Gasteiger partial charge on any atom is -0.391 e. The Morgan fingerprint density at radius 1 is 1.33 bits per heavy atom. The molecule has 4 nitrogen and oxygen atoms in total. The van der Waals surface area contributed by atoms with Crippen molar-refractivity contribution in [3.63, 3.8) is 0 Å². The van der Waals surface area contributed by atoms with Crippen LogP contribution in [-0.2, 0) is 4.79 Å². The molecule has 4 heteroatoms. The molecular formula is C14H24N2O2. The zero-order chi connectivity index (χ0) is 13.6. The van der Waals surface area contributed by atoms with Crippen LogP contribution in [0.3, 0.4) is 0 Å². The largest absolute Gasteiger partial charge is 0.391 e. The predicted molar refractivity (Wildman–Crippen MR) is 69.7 cm³/mol. The van der Waals surface area contributed by atoms with E-state index in [9.17, 15) is 15.2 Å². The average molecular weight is 252 g/mol. The SMILES string of the molecule is CCC(C#N)(CC)C(=O)NC1CCCCCC1O. The second-order valence-electron chi connectivity index (χ2n) is 5.19. The van der Waals surface area contributed by atoms with Gasteiger partial charge in [-0.3, -0.25) is 4.79 Å². The topological polar surface area (TPSA) is 73.1 Å². The van der Waals surface area contributed by atoms with E-state index in [1.54, 1.807) is 0 Å². The predicted octanol–water partition coefficient (Wildman–Crippen LogP) is 2.13. The first-order valence-corrected chi connectivity index (χ1v) is 7.00. The van der Waals surface area contributed by atoms with E-state index in [-0.39, 0.29) is 11.9 Å². The molecule has 0 saturated heterocycles. The molecule has 1 aliphatic carbocycles. The number of nitriles is 1. The molecule has 1 saturated carbocycles. The standard InChI is InChI=1S/C14H24N2O2/c1-3-14(4-2,10-15)13(18)16-11-8-6-5-7-9-12(11)17/h11-12,17H,3-9H2,1-2H3,(H,16,18). The number of aliphatic hydroxyl groups is 1. The number of amides is 1. The number of aliphatic hydroxyl groups excluding tert-OH is 1. The summed E-state index contributed by atoms with van der Waals surface area (Å²) in [6, 6.07) is 1.95. The molecule has 0 aromatic rings. The Balaban J connectivity index is 2.70. The number of hydrogen-bond donors (Lipinski definition) is 2. The van der Waals surface area contributed by atoms with Crippen LogP contribution in [0.15, 0.2) is 0 Å². The summed E-state index contributed by atoms with van der Waals surface area (Å²) in [5, 5.41) is 22.1. The lowest BCUT2D eigenvalue weighted by Gasteiger charge is -2.28. The molecule has 2 unspecified atom stereocenters. The Kier molecular flexibility index (Phi) is 5.61. The van der Waals surface area contributed by atoms with Crippen LogP contribution in [0.4, 0.5) is 0 Å². The summed E-state index contributed by atoms with van der Waals surface area (Å²) in [5.41, 5.74) is -0.938. The molecule has 0 aromatic carbocycles. The van der Waals surface area contributed by atoms with Crippen LogP contribution >= 0.6 is 0 Å². The van der Waals surface area contributed by atoms with Crippen molar-refractivity contribution in [3.8, 4) is 6.07 Å². The Bertz CT molecular complexity index is 318. The summed E-state index contributed by atoms with van der Waals surface area (Å²) in [6.45, 7) is 3.71. The molecular weight excluding hydrogens is 228 g/mol. The van der Waals surface area contributed by atoms with Crippen molar-refractivity contribution in [2.24, 2.45) is 5.41 Å². The third-order valence-electron chi connectivity index (χ3n) is 4.15. The Morgan fingerprint density at radius 2 is 1.94 bits per heavy atom. The number of carbonyl (C=O) groups is 1. The van der Waals surface area contributed by atoms with Gasteiger partial charge in [-0.1, -0.05) is 33.1 Å². The first-order chi connectivity index (χ1) is 8.59. The summed E-state index contributed by atoms with van der Waals surface area (Å²) >= 11 is 0.